The minimum atomic E-state index is 0.185. The van der Waals surface area contributed by atoms with Gasteiger partial charge in [-0.25, -0.2) is 0 Å². The molecule has 1 N–H and O–H groups in total. The third-order valence-corrected chi connectivity index (χ3v) is 4.94. The molecule has 20 heavy (non-hydrogen) atoms. The van der Waals surface area contributed by atoms with Crippen LogP contribution in [0.3, 0.4) is 0 Å². The Morgan fingerprint density at radius 1 is 1.25 bits per heavy atom. The maximum Gasteiger partial charge on any atom is 0.0967 e. The zero-order valence-electron chi connectivity index (χ0n) is 13.0. The van der Waals surface area contributed by atoms with Crippen molar-refractivity contribution in [1.29, 1.82) is 0 Å². The molecule has 1 aromatic heterocycles. The Kier molecular flexibility index (Phi) is 3.58. The molecule has 2 fully saturated rings. The predicted molar refractivity (Wildman–Crippen MR) is 79.3 cm³/mol. The van der Waals surface area contributed by atoms with Gasteiger partial charge in [0.2, 0.25) is 0 Å². The monoisotopic (exact) mass is 277 g/mol. The van der Waals surface area contributed by atoms with Crippen LogP contribution in [0.25, 0.3) is 0 Å². The highest BCUT2D eigenvalue weighted by Crippen LogP contribution is 2.37. The number of piperazine rings is 1. The second-order valence-corrected chi connectivity index (χ2v) is 7.26. The number of aromatic nitrogens is 3. The summed E-state index contributed by atoms with van der Waals surface area (Å²) in [7, 11) is 1.94. The van der Waals surface area contributed by atoms with Crippen LogP contribution in [0.15, 0.2) is 6.20 Å². The first-order valence-electron chi connectivity index (χ1n) is 7.85. The third kappa shape index (κ3) is 2.74. The lowest BCUT2D eigenvalue weighted by Gasteiger charge is -2.54. The fourth-order valence-corrected chi connectivity index (χ4v) is 3.81. The van der Waals surface area contributed by atoms with Crippen LogP contribution in [0.2, 0.25) is 0 Å². The lowest BCUT2D eigenvalue weighted by molar-refractivity contribution is -0.0169. The van der Waals surface area contributed by atoms with Gasteiger partial charge in [0, 0.05) is 44.0 Å². The molecular formula is C15H27N5. The van der Waals surface area contributed by atoms with Gasteiger partial charge >= 0.3 is 0 Å². The first-order chi connectivity index (χ1) is 9.49. The number of aryl methyl sites for hydroxylation is 1. The summed E-state index contributed by atoms with van der Waals surface area (Å²) < 4.78 is 1.80. The molecule has 3 rings (SSSR count). The molecule has 2 heterocycles. The molecule has 2 aliphatic rings. The summed E-state index contributed by atoms with van der Waals surface area (Å²) in [6, 6.07) is 0. The zero-order valence-corrected chi connectivity index (χ0v) is 13.0. The molecule has 5 nitrogen and oxygen atoms in total. The van der Waals surface area contributed by atoms with E-state index in [1.165, 1.54) is 32.1 Å². The maximum atomic E-state index is 4.29. The van der Waals surface area contributed by atoms with Gasteiger partial charge in [0.25, 0.3) is 0 Å². The molecule has 1 saturated carbocycles. The topological polar surface area (TPSA) is 46.0 Å². The van der Waals surface area contributed by atoms with Gasteiger partial charge < -0.3 is 5.32 Å². The van der Waals surface area contributed by atoms with Gasteiger partial charge in [-0.05, 0) is 26.7 Å². The zero-order chi connectivity index (χ0) is 14.2. The van der Waals surface area contributed by atoms with E-state index in [1.54, 1.807) is 4.68 Å². The second kappa shape index (κ2) is 5.11. The number of hydrogen-bond acceptors (Lipinski definition) is 4. The summed E-state index contributed by atoms with van der Waals surface area (Å²) in [5.74, 6) is 0. The van der Waals surface area contributed by atoms with Crippen LogP contribution in [0, 0.1) is 0 Å². The van der Waals surface area contributed by atoms with Gasteiger partial charge in [-0.1, -0.05) is 24.5 Å². The quantitative estimate of drug-likeness (QED) is 0.894. The first-order valence-corrected chi connectivity index (χ1v) is 7.85. The fourth-order valence-electron chi connectivity index (χ4n) is 3.81. The van der Waals surface area contributed by atoms with Crippen LogP contribution in [0.1, 0.15) is 51.6 Å². The van der Waals surface area contributed by atoms with E-state index in [9.17, 15) is 0 Å². The van der Waals surface area contributed by atoms with Gasteiger partial charge in [0.15, 0.2) is 0 Å². The molecule has 0 atom stereocenters. The van der Waals surface area contributed by atoms with Crippen molar-refractivity contribution < 1.29 is 0 Å². The molecule has 0 amide bonds. The van der Waals surface area contributed by atoms with Crippen molar-refractivity contribution in [3.05, 3.63) is 11.9 Å². The lowest BCUT2D eigenvalue weighted by Crippen LogP contribution is -2.68. The van der Waals surface area contributed by atoms with E-state index in [4.69, 9.17) is 0 Å². The normalized spacial score (nSPS) is 25.9. The highest BCUT2D eigenvalue weighted by molar-refractivity contribution is 5.06. The Morgan fingerprint density at radius 3 is 2.65 bits per heavy atom. The summed E-state index contributed by atoms with van der Waals surface area (Å²) >= 11 is 0. The molecule has 0 aromatic carbocycles. The van der Waals surface area contributed by atoms with Crippen molar-refractivity contribution >= 4 is 0 Å². The van der Waals surface area contributed by atoms with Crippen LogP contribution in [-0.4, -0.2) is 44.1 Å². The highest BCUT2D eigenvalue weighted by Gasteiger charge is 2.44. The lowest BCUT2D eigenvalue weighted by atomic mass is 9.77. The van der Waals surface area contributed by atoms with E-state index in [-0.39, 0.29) is 5.54 Å². The molecule has 0 unspecified atom stereocenters. The molecule has 1 aromatic rings. The minimum Gasteiger partial charge on any atom is -0.309 e. The third-order valence-electron chi connectivity index (χ3n) is 4.94. The van der Waals surface area contributed by atoms with Crippen LogP contribution < -0.4 is 5.32 Å². The Morgan fingerprint density at radius 2 is 2.00 bits per heavy atom. The summed E-state index contributed by atoms with van der Waals surface area (Å²) in [6.07, 6.45) is 8.79. The highest BCUT2D eigenvalue weighted by atomic mass is 15.4. The molecule has 0 bridgehead atoms. The summed E-state index contributed by atoms with van der Waals surface area (Å²) in [5.41, 5.74) is 1.62. The largest absolute Gasteiger partial charge is 0.309 e. The number of hydrogen-bond donors (Lipinski definition) is 1. The van der Waals surface area contributed by atoms with E-state index in [1.807, 2.05) is 13.2 Å². The molecule has 1 aliphatic carbocycles. The van der Waals surface area contributed by atoms with E-state index in [2.05, 4.69) is 34.4 Å². The van der Waals surface area contributed by atoms with Gasteiger partial charge in [-0.3, -0.25) is 9.58 Å². The van der Waals surface area contributed by atoms with Crippen molar-refractivity contribution in [2.45, 2.75) is 63.6 Å². The van der Waals surface area contributed by atoms with Crippen LogP contribution in [0.5, 0.6) is 0 Å². The predicted octanol–water partition coefficient (Wildman–Crippen LogP) is 1.70. The molecule has 1 spiro atoms. The van der Waals surface area contributed by atoms with Gasteiger partial charge in [0.05, 0.1) is 5.69 Å². The molecule has 112 valence electrons. The Hall–Kier alpha value is -0.940. The second-order valence-electron chi connectivity index (χ2n) is 7.26. The summed E-state index contributed by atoms with van der Waals surface area (Å²) in [5, 5.41) is 12.1. The van der Waals surface area contributed by atoms with Crippen LogP contribution in [-0.2, 0) is 13.6 Å². The van der Waals surface area contributed by atoms with Gasteiger partial charge in [-0.15, -0.1) is 5.10 Å². The van der Waals surface area contributed by atoms with Crippen LogP contribution >= 0.6 is 0 Å². The van der Waals surface area contributed by atoms with Crippen molar-refractivity contribution in [2.75, 3.05) is 13.1 Å². The van der Waals surface area contributed by atoms with Crippen molar-refractivity contribution in [1.82, 2.24) is 25.2 Å². The Balaban J connectivity index is 1.81. The number of nitrogens with zero attached hydrogens (tertiary/aromatic N) is 4. The van der Waals surface area contributed by atoms with E-state index in [0.29, 0.717) is 5.54 Å². The molecule has 5 heteroatoms. The van der Waals surface area contributed by atoms with E-state index in [0.717, 1.165) is 25.3 Å². The number of rotatable bonds is 2. The van der Waals surface area contributed by atoms with Crippen LogP contribution in [0.4, 0.5) is 0 Å². The average molecular weight is 277 g/mol. The number of nitrogens with one attached hydrogen (secondary N) is 1. The fraction of sp³-hybridized carbons (Fsp3) is 0.867. The molecule has 1 aliphatic heterocycles. The standard InChI is InChI=1S/C15H27N5/c1-14(2)12-20(10-13-9-19(3)18-17-13)15(11-16-14)7-5-4-6-8-15/h9,16H,4-8,10-12H2,1-3H3. The van der Waals surface area contributed by atoms with Crippen molar-refractivity contribution in [2.24, 2.45) is 7.05 Å². The molecular weight excluding hydrogens is 250 g/mol. The van der Waals surface area contributed by atoms with Crippen molar-refractivity contribution in [3.8, 4) is 0 Å². The van der Waals surface area contributed by atoms with E-state index < -0.39 is 0 Å². The smallest absolute Gasteiger partial charge is 0.0967 e. The average Bonchev–Trinajstić information content (AvgIpc) is 2.81. The minimum absolute atomic E-state index is 0.185. The first kappa shape index (κ1) is 14.0. The SMILES string of the molecule is Cn1cc(CN2CC(C)(C)NCC23CCCCC3)nn1. The summed E-state index contributed by atoms with van der Waals surface area (Å²) in [6.45, 7) is 7.72. The van der Waals surface area contributed by atoms with Gasteiger partial charge in [0.1, 0.15) is 0 Å². The van der Waals surface area contributed by atoms with E-state index >= 15 is 0 Å². The Labute approximate surface area is 121 Å². The molecule has 1 saturated heterocycles. The summed E-state index contributed by atoms with van der Waals surface area (Å²) in [4.78, 5) is 2.67. The Bertz CT molecular complexity index is 459. The van der Waals surface area contributed by atoms with Gasteiger partial charge in [-0.2, -0.15) is 0 Å². The molecule has 0 radical (unpaired) electrons. The maximum absolute atomic E-state index is 4.29. The van der Waals surface area contributed by atoms with Crippen molar-refractivity contribution in [3.63, 3.8) is 0 Å².